The Balaban J connectivity index is 1.99. The molecular weight excluding hydrogens is 232 g/mol. The number of rotatable bonds is 3. The second-order valence-corrected chi connectivity index (χ2v) is 5.15. The van der Waals surface area contributed by atoms with E-state index < -0.39 is 6.43 Å². The van der Waals surface area contributed by atoms with Gasteiger partial charge < -0.3 is 4.57 Å². The fourth-order valence-corrected chi connectivity index (χ4v) is 3.00. The third-order valence-corrected chi connectivity index (χ3v) is 3.90. The Morgan fingerprint density at radius 1 is 1.17 bits per heavy atom. The van der Waals surface area contributed by atoms with Crippen LogP contribution in [0.1, 0.15) is 37.3 Å². The SMILES string of the molecule is FC(F)Cc1ccc2ccn(C3CCCC3)c2c1. The highest BCUT2D eigenvalue weighted by molar-refractivity contribution is 5.81. The molecule has 0 amide bonds. The summed E-state index contributed by atoms with van der Waals surface area (Å²) in [4.78, 5) is 0. The van der Waals surface area contributed by atoms with Crippen LogP contribution in [0.2, 0.25) is 0 Å². The first-order chi connectivity index (χ1) is 8.74. The molecule has 1 aromatic heterocycles. The van der Waals surface area contributed by atoms with Crippen molar-refractivity contribution in [3.63, 3.8) is 0 Å². The first-order valence-electron chi connectivity index (χ1n) is 6.61. The molecule has 0 atom stereocenters. The first kappa shape index (κ1) is 11.7. The van der Waals surface area contributed by atoms with Crippen LogP contribution in [-0.2, 0) is 6.42 Å². The van der Waals surface area contributed by atoms with Crippen molar-refractivity contribution in [1.29, 1.82) is 0 Å². The van der Waals surface area contributed by atoms with Crippen molar-refractivity contribution in [2.45, 2.75) is 44.6 Å². The fraction of sp³-hybridized carbons (Fsp3) is 0.467. The molecule has 1 saturated carbocycles. The van der Waals surface area contributed by atoms with E-state index in [-0.39, 0.29) is 6.42 Å². The zero-order chi connectivity index (χ0) is 12.5. The number of aromatic nitrogens is 1. The summed E-state index contributed by atoms with van der Waals surface area (Å²) >= 11 is 0. The third kappa shape index (κ3) is 2.14. The highest BCUT2D eigenvalue weighted by Crippen LogP contribution is 2.33. The smallest absolute Gasteiger partial charge is 0.242 e. The molecule has 0 N–H and O–H groups in total. The molecule has 96 valence electrons. The van der Waals surface area contributed by atoms with Gasteiger partial charge in [0.15, 0.2) is 0 Å². The maximum Gasteiger partial charge on any atom is 0.242 e. The second-order valence-electron chi connectivity index (χ2n) is 5.15. The van der Waals surface area contributed by atoms with Crippen LogP contribution in [0.5, 0.6) is 0 Å². The van der Waals surface area contributed by atoms with Crippen molar-refractivity contribution in [2.24, 2.45) is 0 Å². The fourth-order valence-electron chi connectivity index (χ4n) is 3.00. The molecule has 3 heteroatoms. The first-order valence-corrected chi connectivity index (χ1v) is 6.61. The summed E-state index contributed by atoms with van der Waals surface area (Å²) in [6.07, 6.45) is 4.67. The van der Waals surface area contributed by atoms with Gasteiger partial charge in [0.25, 0.3) is 0 Å². The van der Waals surface area contributed by atoms with Crippen molar-refractivity contribution in [3.05, 3.63) is 36.0 Å². The lowest BCUT2D eigenvalue weighted by Crippen LogP contribution is -2.03. The van der Waals surface area contributed by atoms with Crippen molar-refractivity contribution in [3.8, 4) is 0 Å². The predicted molar refractivity (Wildman–Crippen MR) is 69.2 cm³/mol. The molecular formula is C15H17F2N. The van der Waals surface area contributed by atoms with E-state index in [1.54, 1.807) is 0 Å². The van der Waals surface area contributed by atoms with Crippen LogP contribution in [-0.4, -0.2) is 11.0 Å². The van der Waals surface area contributed by atoms with E-state index in [1.807, 2.05) is 18.2 Å². The lowest BCUT2D eigenvalue weighted by atomic mass is 10.1. The molecule has 3 rings (SSSR count). The Hall–Kier alpha value is -1.38. The maximum absolute atomic E-state index is 12.4. The van der Waals surface area contributed by atoms with Crippen LogP contribution >= 0.6 is 0 Å². The van der Waals surface area contributed by atoms with E-state index in [0.717, 1.165) is 16.5 Å². The molecule has 0 aliphatic heterocycles. The molecule has 2 aromatic rings. The molecule has 0 unspecified atom stereocenters. The molecule has 0 spiro atoms. The molecule has 0 radical (unpaired) electrons. The molecule has 1 fully saturated rings. The maximum atomic E-state index is 12.4. The molecule has 1 heterocycles. The number of hydrogen-bond donors (Lipinski definition) is 0. The van der Waals surface area contributed by atoms with Crippen LogP contribution < -0.4 is 0 Å². The Morgan fingerprint density at radius 3 is 2.67 bits per heavy atom. The Labute approximate surface area is 105 Å². The molecule has 1 aliphatic rings. The summed E-state index contributed by atoms with van der Waals surface area (Å²) in [5.41, 5.74) is 1.84. The zero-order valence-corrected chi connectivity index (χ0v) is 10.3. The number of benzene rings is 1. The molecule has 1 aromatic carbocycles. The summed E-state index contributed by atoms with van der Waals surface area (Å²) in [6, 6.07) is 8.34. The van der Waals surface area contributed by atoms with Gasteiger partial charge in [-0.2, -0.15) is 0 Å². The largest absolute Gasteiger partial charge is 0.344 e. The molecule has 18 heavy (non-hydrogen) atoms. The minimum absolute atomic E-state index is 0.147. The average Bonchev–Trinajstić information content (AvgIpc) is 2.94. The van der Waals surface area contributed by atoms with Gasteiger partial charge in [0, 0.05) is 24.2 Å². The highest BCUT2D eigenvalue weighted by Gasteiger charge is 2.18. The number of nitrogens with zero attached hydrogens (tertiary/aromatic N) is 1. The topological polar surface area (TPSA) is 4.93 Å². The summed E-state index contributed by atoms with van der Waals surface area (Å²) in [7, 11) is 0. The molecule has 0 bridgehead atoms. The normalized spacial score (nSPS) is 17.1. The Bertz CT molecular complexity index is 538. The van der Waals surface area contributed by atoms with Gasteiger partial charge in [-0.05, 0) is 35.9 Å². The van der Waals surface area contributed by atoms with Gasteiger partial charge in [-0.1, -0.05) is 25.0 Å². The van der Waals surface area contributed by atoms with E-state index in [9.17, 15) is 8.78 Å². The minimum atomic E-state index is -2.27. The van der Waals surface area contributed by atoms with Gasteiger partial charge in [0.2, 0.25) is 6.43 Å². The van der Waals surface area contributed by atoms with E-state index in [1.165, 1.54) is 25.7 Å². The minimum Gasteiger partial charge on any atom is -0.344 e. The van der Waals surface area contributed by atoms with Gasteiger partial charge in [-0.15, -0.1) is 0 Å². The van der Waals surface area contributed by atoms with Gasteiger partial charge in [-0.3, -0.25) is 0 Å². The number of hydrogen-bond acceptors (Lipinski definition) is 0. The zero-order valence-electron chi connectivity index (χ0n) is 10.3. The van der Waals surface area contributed by atoms with Crippen LogP contribution in [0.25, 0.3) is 10.9 Å². The lowest BCUT2D eigenvalue weighted by molar-refractivity contribution is 0.149. The Morgan fingerprint density at radius 2 is 1.94 bits per heavy atom. The van der Waals surface area contributed by atoms with Crippen LogP contribution in [0, 0.1) is 0 Å². The van der Waals surface area contributed by atoms with Gasteiger partial charge in [0.1, 0.15) is 0 Å². The van der Waals surface area contributed by atoms with Crippen LogP contribution in [0.15, 0.2) is 30.5 Å². The second kappa shape index (κ2) is 4.71. The monoisotopic (exact) mass is 249 g/mol. The third-order valence-electron chi connectivity index (χ3n) is 3.90. The standard InChI is InChI=1S/C15H17F2N/c16-15(17)10-11-5-6-12-7-8-18(14(12)9-11)13-3-1-2-4-13/h5-9,13,15H,1-4,10H2. The molecule has 1 nitrogen and oxygen atoms in total. The van der Waals surface area contributed by atoms with Gasteiger partial charge in [0.05, 0.1) is 0 Å². The van der Waals surface area contributed by atoms with Crippen LogP contribution in [0.4, 0.5) is 8.78 Å². The summed E-state index contributed by atoms with van der Waals surface area (Å²) in [5, 5.41) is 1.15. The quantitative estimate of drug-likeness (QED) is 0.751. The summed E-state index contributed by atoms with van der Waals surface area (Å²) in [5.74, 6) is 0. The predicted octanol–water partition coefficient (Wildman–Crippen LogP) is 4.56. The van der Waals surface area contributed by atoms with Crippen LogP contribution in [0.3, 0.4) is 0 Å². The van der Waals surface area contributed by atoms with E-state index in [4.69, 9.17) is 0 Å². The van der Waals surface area contributed by atoms with Crippen molar-refractivity contribution in [1.82, 2.24) is 4.57 Å². The average molecular weight is 249 g/mol. The highest BCUT2D eigenvalue weighted by atomic mass is 19.3. The molecule has 0 saturated heterocycles. The van der Waals surface area contributed by atoms with Gasteiger partial charge in [-0.25, -0.2) is 8.78 Å². The van der Waals surface area contributed by atoms with E-state index >= 15 is 0 Å². The van der Waals surface area contributed by atoms with E-state index in [0.29, 0.717) is 6.04 Å². The summed E-state index contributed by atoms with van der Waals surface area (Å²) < 4.78 is 27.2. The van der Waals surface area contributed by atoms with Crippen molar-refractivity contribution in [2.75, 3.05) is 0 Å². The van der Waals surface area contributed by atoms with Gasteiger partial charge >= 0.3 is 0 Å². The number of fused-ring (bicyclic) bond motifs is 1. The molecule has 1 aliphatic carbocycles. The van der Waals surface area contributed by atoms with Crippen molar-refractivity contribution < 1.29 is 8.78 Å². The summed E-state index contributed by atoms with van der Waals surface area (Å²) in [6.45, 7) is 0. The number of alkyl halides is 2. The van der Waals surface area contributed by atoms with E-state index in [2.05, 4.69) is 16.8 Å². The van der Waals surface area contributed by atoms with Crippen molar-refractivity contribution >= 4 is 10.9 Å². The lowest BCUT2D eigenvalue weighted by Gasteiger charge is -2.14. The Kier molecular flexibility index (Phi) is 3.06. The number of halogens is 2.